The minimum Gasteiger partial charge on any atom is -0.434 e. The highest BCUT2D eigenvalue weighted by Crippen LogP contribution is 2.33. The van der Waals surface area contributed by atoms with E-state index in [2.05, 4.69) is 36.7 Å². The van der Waals surface area contributed by atoms with Gasteiger partial charge in [0.05, 0.1) is 4.92 Å². The molecule has 1 heterocycles. The van der Waals surface area contributed by atoms with E-state index >= 15 is 0 Å². The van der Waals surface area contributed by atoms with E-state index in [9.17, 15) is 14.9 Å². The SMILES string of the molecule is O=C(NNc1ncnc(Oc2ccc(Br)cc2)c1[N+](=O)[O-])c1ccc(Cl)cc1. The molecular weight excluding hydrogens is 454 g/mol. The van der Waals surface area contributed by atoms with Gasteiger partial charge in [0.1, 0.15) is 12.1 Å². The van der Waals surface area contributed by atoms with Crippen molar-refractivity contribution in [3.63, 3.8) is 0 Å². The molecule has 9 nitrogen and oxygen atoms in total. The van der Waals surface area contributed by atoms with Gasteiger partial charge in [0.25, 0.3) is 5.91 Å². The number of halogens is 2. The lowest BCUT2D eigenvalue weighted by Gasteiger charge is -2.10. The van der Waals surface area contributed by atoms with E-state index in [4.69, 9.17) is 16.3 Å². The van der Waals surface area contributed by atoms with Crippen molar-refractivity contribution in [2.24, 2.45) is 0 Å². The average molecular weight is 465 g/mol. The molecule has 0 saturated carbocycles. The van der Waals surface area contributed by atoms with Crippen LogP contribution in [0.25, 0.3) is 0 Å². The van der Waals surface area contributed by atoms with E-state index in [0.29, 0.717) is 16.3 Å². The molecule has 0 saturated heterocycles. The van der Waals surface area contributed by atoms with Crippen LogP contribution in [0.3, 0.4) is 0 Å². The second-order valence-corrected chi connectivity index (χ2v) is 6.63. The number of aromatic nitrogens is 2. The lowest BCUT2D eigenvalue weighted by Crippen LogP contribution is -2.30. The highest BCUT2D eigenvalue weighted by Gasteiger charge is 2.25. The number of amides is 1. The summed E-state index contributed by atoms with van der Waals surface area (Å²) >= 11 is 9.07. The Morgan fingerprint density at radius 2 is 1.79 bits per heavy atom. The Morgan fingerprint density at radius 3 is 2.43 bits per heavy atom. The number of benzene rings is 2. The predicted octanol–water partition coefficient (Wildman–Crippen LogP) is 4.35. The third-order valence-electron chi connectivity index (χ3n) is 3.40. The van der Waals surface area contributed by atoms with Gasteiger partial charge in [-0.05, 0) is 48.5 Å². The van der Waals surface area contributed by atoms with Crippen molar-refractivity contribution in [1.29, 1.82) is 0 Å². The minimum absolute atomic E-state index is 0.227. The van der Waals surface area contributed by atoms with Crippen LogP contribution in [0.4, 0.5) is 11.5 Å². The zero-order valence-corrected chi connectivity index (χ0v) is 16.3. The second-order valence-electron chi connectivity index (χ2n) is 5.28. The van der Waals surface area contributed by atoms with Crippen molar-refractivity contribution in [2.45, 2.75) is 0 Å². The Morgan fingerprint density at radius 1 is 1.11 bits per heavy atom. The number of hydrogen-bond donors (Lipinski definition) is 2. The molecule has 0 atom stereocenters. The van der Waals surface area contributed by atoms with Crippen LogP contribution in [-0.2, 0) is 0 Å². The van der Waals surface area contributed by atoms with E-state index in [-0.39, 0.29) is 11.7 Å². The minimum atomic E-state index is -0.703. The molecule has 3 rings (SSSR count). The van der Waals surface area contributed by atoms with Crippen LogP contribution in [0.2, 0.25) is 5.02 Å². The lowest BCUT2D eigenvalue weighted by atomic mass is 10.2. The van der Waals surface area contributed by atoms with Crippen LogP contribution in [0.15, 0.2) is 59.3 Å². The summed E-state index contributed by atoms with van der Waals surface area (Å²) in [4.78, 5) is 30.6. The molecule has 1 amide bonds. The van der Waals surface area contributed by atoms with Gasteiger partial charge in [-0.1, -0.05) is 27.5 Å². The fourth-order valence-corrected chi connectivity index (χ4v) is 2.49. The number of carbonyl (C=O) groups excluding carboxylic acids is 1. The van der Waals surface area contributed by atoms with Gasteiger partial charge in [-0.15, -0.1) is 0 Å². The highest BCUT2D eigenvalue weighted by atomic mass is 79.9. The Hall–Kier alpha value is -3.24. The monoisotopic (exact) mass is 463 g/mol. The molecule has 3 aromatic rings. The zero-order valence-electron chi connectivity index (χ0n) is 13.9. The smallest absolute Gasteiger partial charge is 0.374 e. The molecule has 0 aliphatic rings. The number of hydrazine groups is 1. The second kappa shape index (κ2) is 8.63. The molecule has 0 bridgehead atoms. The van der Waals surface area contributed by atoms with Crippen LogP contribution in [0, 0.1) is 10.1 Å². The average Bonchev–Trinajstić information content (AvgIpc) is 2.68. The van der Waals surface area contributed by atoms with Crippen molar-refractivity contribution < 1.29 is 14.5 Å². The van der Waals surface area contributed by atoms with Gasteiger partial charge in [0, 0.05) is 15.1 Å². The van der Waals surface area contributed by atoms with Gasteiger partial charge in [0.2, 0.25) is 5.82 Å². The summed E-state index contributed by atoms with van der Waals surface area (Å²) in [6.07, 6.45) is 1.08. The molecule has 1 aromatic heterocycles. The van der Waals surface area contributed by atoms with Gasteiger partial charge in [-0.25, -0.2) is 4.98 Å². The normalized spacial score (nSPS) is 10.2. The summed E-state index contributed by atoms with van der Waals surface area (Å²) in [5.74, 6) is -0.680. The predicted molar refractivity (Wildman–Crippen MR) is 105 cm³/mol. The van der Waals surface area contributed by atoms with E-state index in [1.807, 2.05) is 0 Å². The van der Waals surface area contributed by atoms with Crippen LogP contribution in [0.5, 0.6) is 11.6 Å². The Bertz CT molecular complexity index is 1020. The maximum atomic E-state index is 12.2. The first-order valence-corrected chi connectivity index (χ1v) is 8.86. The summed E-state index contributed by atoms with van der Waals surface area (Å²) < 4.78 is 6.31. The molecular formula is C17H11BrClN5O4. The zero-order chi connectivity index (χ0) is 20.1. The fourth-order valence-electron chi connectivity index (χ4n) is 2.10. The number of rotatable bonds is 6. The Labute approximate surface area is 172 Å². The largest absolute Gasteiger partial charge is 0.434 e. The van der Waals surface area contributed by atoms with E-state index in [1.165, 1.54) is 12.1 Å². The third kappa shape index (κ3) is 4.72. The number of anilines is 1. The molecule has 2 N–H and O–H groups in total. The summed E-state index contributed by atoms with van der Waals surface area (Å²) in [6, 6.07) is 12.8. The van der Waals surface area contributed by atoms with Gasteiger partial charge in [-0.3, -0.25) is 25.8 Å². The number of ether oxygens (including phenoxy) is 1. The third-order valence-corrected chi connectivity index (χ3v) is 4.18. The maximum absolute atomic E-state index is 12.2. The molecule has 0 aliphatic carbocycles. The first-order chi connectivity index (χ1) is 13.4. The first kappa shape index (κ1) is 19.5. The van der Waals surface area contributed by atoms with Gasteiger partial charge in [-0.2, -0.15) is 4.98 Å². The van der Waals surface area contributed by atoms with Crippen molar-refractivity contribution in [3.8, 4) is 11.6 Å². The highest BCUT2D eigenvalue weighted by molar-refractivity contribution is 9.10. The maximum Gasteiger partial charge on any atom is 0.374 e. The van der Waals surface area contributed by atoms with Crippen molar-refractivity contribution in [2.75, 3.05) is 5.43 Å². The molecule has 0 unspecified atom stereocenters. The van der Waals surface area contributed by atoms with E-state index < -0.39 is 16.5 Å². The molecule has 2 aromatic carbocycles. The van der Waals surface area contributed by atoms with Crippen LogP contribution >= 0.6 is 27.5 Å². The quantitative estimate of drug-likeness (QED) is 0.411. The van der Waals surface area contributed by atoms with E-state index in [1.54, 1.807) is 36.4 Å². The number of carbonyl (C=O) groups is 1. The van der Waals surface area contributed by atoms with Gasteiger partial charge < -0.3 is 4.74 Å². The van der Waals surface area contributed by atoms with E-state index in [0.717, 1.165) is 10.8 Å². The summed E-state index contributed by atoms with van der Waals surface area (Å²) in [7, 11) is 0. The Balaban J connectivity index is 1.80. The fraction of sp³-hybridized carbons (Fsp3) is 0. The number of nitrogens with one attached hydrogen (secondary N) is 2. The van der Waals surface area contributed by atoms with Crippen molar-refractivity contribution >= 4 is 44.9 Å². The summed E-state index contributed by atoms with van der Waals surface area (Å²) in [5, 5.41) is 12.0. The molecule has 0 aliphatic heterocycles. The molecule has 0 spiro atoms. The topological polar surface area (TPSA) is 119 Å². The van der Waals surface area contributed by atoms with Crippen molar-refractivity contribution in [1.82, 2.24) is 15.4 Å². The number of nitrogens with zero attached hydrogens (tertiary/aromatic N) is 3. The summed E-state index contributed by atoms with van der Waals surface area (Å²) in [6.45, 7) is 0. The standard InChI is InChI=1S/C17H11BrClN5O4/c18-11-3-7-13(8-4-11)28-17-14(24(26)27)15(20-9-21-17)22-23-16(25)10-1-5-12(19)6-2-10/h1-9H,(H,23,25)(H,20,21,22). The first-order valence-electron chi connectivity index (χ1n) is 7.69. The Kier molecular flexibility index (Phi) is 6.02. The number of hydrogen-bond acceptors (Lipinski definition) is 7. The van der Waals surface area contributed by atoms with Crippen LogP contribution < -0.4 is 15.6 Å². The van der Waals surface area contributed by atoms with Crippen molar-refractivity contribution in [3.05, 3.63) is 80.0 Å². The van der Waals surface area contributed by atoms with Gasteiger partial charge >= 0.3 is 11.6 Å². The molecule has 0 radical (unpaired) electrons. The lowest BCUT2D eigenvalue weighted by molar-refractivity contribution is -0.385. The molecule has 0 fully saturated rings. The molecule has 11 heteroatoms. The molecule has 142 valence electrons. The van der Waals surface area contributed by atoms with Crippen LogP contribution in [0.1, 0.15) is 10.4 Å². The number of nitro groups is 1. The molecule has 28 heavy (non-hydrogen) atoms. The van der Waals surface area contributed by atoms with Gasteiger partial charge in [0.15, 0.2) is 0 Å². The summed E-state index contributed by atoms with van der Waals surface area (Å²) in [5.41, 5.74) is 4.55. The van der Waals surface area contributed by atoms with Crippen LogP contribution in [-0.4, -0.2) is 20.8 Å².